The van der Waals surface area contributed by atoms with Crippen LogP contribution in [0.2, 0.25) is 0 Å². The number of piperidine rings is 1. The van der Waals surface area contributed by atoms with E-state index >= 15 is 0 Å². The SMILES string of the molecule is COCCNS(=O)(=O)c1ccc(C(=O)N2CCC(n3c(=O)[nH]c4ccccc43)CC2)cc1. The number of benzene rings is 2. The Kier molecular flexibility index (Phi) is 6.45. The van der Waals surface area contributed by atoms with Crippen molar-refractivity contribution in [1.29, 1.82) is 0 Å². The third-order valence-electron chi connectivity index (χ3n) is 5.75. The summed E-state index contributed by atoms with van der Waals surface area (Å²) in [6.45, 7) is 1.49. The molecule has 0 atom stereocenters. The van der Waals surface area contributed by atoms with E-state index in [0.717, 1.165) is 11.0 Å². The van der Waals surface area contributed by atoms with Gasteiger partial charge < -0.3 is 14.6 Å². The molecule has 170 valence electrons. The summed E-state index contributed by atoms with van der Waals surface area (Å²) < 4.78 is 33.6. The minimum Gasteiger partial charge on any atom is -0.383 e. The Morgan fingerprint density at radius 2 is 1.81 bits per heavy atom. The molecule has 0 radical (unpaired) electrons. The maximum atomic E-state index is 12.9. The van der Waals surface area contributed by atoms with E-state index in [0.29, 0.717) is 31.5 Å². The zero-order chi connectivity index (χ0) is 22.7. The van der Waals surface area contributed by atoms with E-state index in [-0.39, 0.29) is 35.7 Å². The fourth-order valence-corrected chi connectivity index (χ4v) is 5.10. The van der Waals surface area contributed by atoms with Crippen molar-refractivity contribution in [2.45, 2.75) is 23.8 Å². The van der Waals surface area contributed by atoms with Crippen LogP contribution < -0.4 is 10.4 Å². The maximum absolute atomic E-state index is 12.9. The lowest BCUT2D eigenvalue weighted by Gasteiger charge is -2.32. The van der Waals surface area contributed by atoms with E-state index in [1.807, 2.05) is 24.3 Å². The zero-order valence-corrected chi connectivity index (χ0v) is 18.6. The molecule has 1 aliphatic rings. The number of rotatable bonds is 7. The minimum absolute atomic E-state index is 0.0217. The van der Waals surface area contributed by atoms with Crippen LogP contribution in [0.15, 0.2) is 58.2 Å². The molecule has 0 saturated carbocycles. The number of sulfonamides is 1. The molecular weight excluding hydrogens is 432 g/mol. The van der Waals surface area contributed by atoms with Crippen LogP contribution in [0.5, 0.6) is 0 Å². The number of carbonyl (C=O) groups is 1. The molecular formula is C22H26N4O5S. The Labute approximate surface area is 186 Å². The smallest absolute Gasteiger partial charge is 0.326 e. The van der Waals surface area contributed by atoms with Crippen LogP contribution in [0.3, 0.4) is 0 Å². The van der Waals surface area contributed by atoms with Crippen LogP contribution in [0.25, 0.3) is 11.0 Å². The van der Waals surface area contributed by atoms with Gasteiger partial charge in [-0.25, -0.2) is 17.9 Å². The molecule has 9 nitrogen and oxygen atoms in total. The van der Waals surface area contributed by atoms with E-state index in [1.54, 1.807) is 9.47 Å². The summed E-state index contributed by atoms with van der Waals surface area (Å²) in [5, 5.41) is 0. The first-order valence-corrected chi connectivity index (χ1v) is 12.0. The number of nitrogens with zero attached hydrogens (tertiary/aromatic N) is 2. The van der Waals surface area contributed by atoms with E-state index < -0.39 is 10.0 Å². The quantitative estimate of drug-likeness (QED) is 0.524. The molecule has 4 rings (SSSR count). The number of likely N-dealkylation sites (tertiary alicyclic amines) is 1. The molecule has 0 unspecified atom stereocenters. The summed E-state index contributed by atoms with van der Waals surface area (Å²) in [5.74, 6) is -0.147. The second-order valence-electron chi connectivity index (χ2n) is 7.76. The monoisotopic (exact) mass is 458 g/mol. The molecule has 1 aliphatic heterocycles. The standard InChI is InChI=1S/C22H26N4O5S/c1-31-15-12-23-32(29,30)18-8-6-16(7-9-18)21(27)25-13-10-17(11-14-25)26-20-5-3-2-4-19(20)24-22(26)28/h2-9,17,23H,10-15H2,1H3,(H,24,28). The summed E-state index contributed by atoms with van der Waals surface area (Å²) in [5.41, 5.74) is 1.98. The Morgan fingerprint density at radius 3 is 2.50 bits per heavy atom. The highest BCUT2D eigenvalue weighted by Gasteiger charge is 2.27. The lowest BCUT2D eigenvalue weighted by molar-refractivity contribution is 0.0695. The van der Waals surface area contributed by atoms with Crippen molar-refractivity contribution in [2.75, 3.05) is 33.4 Å². The van der Waals surface area contributed by atoms with E-state index in [2.05, 4.69) is 9.71 Å². The number of methoxy groups -OCH3 is 1. The van der Waals surface area contributed by atoms with Gasteiger partial charge in [0, 0.05) is 38.3 Å². The number of imidazole rings is 1. The fraction of sp³-hybridized carbons (Fsp3) is 0.364. The van der Waals surface area contributed by atoms with Gasteiger partial charge >= 0.3 is 5.69 Å². The minimum atomic E-state index is -3.64. The molecule has 0 spiro atoms. The lowest BCUT2D eigenvalue weighted by Crippen LogP contribution is -2.40. The molecule has 0 aliphatic carbocycles. The molecule has 1 fully saturated rings. The topological polar surface area (TPSA) is 113 Å². The zero-order valence-electron chi connectivity index (χ0n) is 17.8. The van der Waals surface area contributed by atoms with Crippen LogP contribution in [0, 0.1) is 0 Å². The predicted molar refractivity (Wildman–Crippen MR) is 120 cm³/mol. The summed E-state index contributed by atoms with van der Waals surface area (Å²) in [4.78, 5) is 30.1. The molecule has 1 amide bonds. The first-order chi connectivity index (χ1) is 15.4. The molecule has 32 heavy (non-hydrogen) atoms. The van der Waals surface area contributed by atoms with E-state index in [4.69, 9.17) is 4.74 Å². The van der Waals surface area contributed by atoms with Gasteiger partial charge in [0.2, 0.25) is 10.0 Å². The summed E-state index contributed by atoms with van der Waals surface area (Å²) in [6.07, 6.45) is 1.34. The van der Waals surface area contributed by atoms with Gasteiger partial charge in [0.1, 0.15) is 0 Å². The van der Waals surface area contributed by atoms with Crippen LogP contribution >= 0.6 is 0 Å². The lowest BCUT2D eigenvalue weighted by atomic mass is 10.0. The van der Waals surface area contributed by atoms with Gasteiger partial charge in [0.05, 0.1) is 22.5 Å². The van der Waals surface area contributed by atoms with E-state index in [9.17, 15) is 18.0 Å². The van der Waals surface area contributed by atoms with Crippen molar-refractivity contribution in [1.82, 2.24) is 19.2 Å². The molecule has 1 aromatic heterocycles. The number of H-pyrrole nitrogens is 1. The summed E-state index contributed by atoms with van der Waals surface area (Å²) >= 11 is 0. The molecule has 10 heteroatoms. The number of fused-ring (bicyclic) bond motifs is 1. The van der Waals surface area contributed by atoms with E-state index in [1.165, 1.54) is 31.4 Å². The van der Waals surface area contributed by atoms with Gasteiger partial charge in [-0.1, -0.05) is 12.1 Å². The van der Waals surface area contributed by atoms with Gasteiger partial charge in [0.25, 0.3) is 5.91 Å². The molecule has 1 saturated heterocycles. The molecule has 2 N–H and O–H groups in total. The number of para-hydroxylation sites is 2. The first-order valence-electron chi connectivity index (χ1n) is 10.5. The van der Waals surface area contributed by atoms with Crippen molar-refractivity contribution in [3.05, 3.63) is 64.6 Å². The fourth-order valence-electron chi connectivity index (χ4n) is 4.08. The second-order valence-corrected chi connectivity index (χ2v) is 9.52. The number of aromatic amines is 1. The summed E-state index contributed by atoms with van der Waals surface area (Å²) in [6, 6.07) is 13.5. The largest absolute Gasteiger partial charge is 0.383 e. The molecule has 2 heterocycles. The normalized spacial score (nSPS) is 15.3. The number of nitrogens with one attached hydrogen (secondary N) is 2. The average molecular weight is 459 g/mol. The highest BCUT2D eigenvalue weighted by molar-refractivity contribution is 7.89. The maximum Gasteiger partial charge on any atom is 0.326 e. The summed E-state index contributed by atoms with van der Waals surface area (Å²) in [7, 11) is -2.15. The first kappa shape index (κ1) is 22.3. The predicted octanol–water partition coefficient (Wildman–Crippen LogP) is 1.73. The molecule has 2 aromatic carbocycles. The third kappa shape index (κ3) is 4.47. The highest BCUT2D eigenvalue weighted by atomic mass is 32.2. The van der Waals surface area contributed by atoms with Crippen LogP contribution in [0.4, 0.5) is 0 Å². The van der Waals surface area contributed by atoms with Crippen molar-refractivity contribution in [3.63, 3.8) is 0 Å². The van der Waals surface area contributed by atoms with Crippen molar-refractivity contribution in [2.24, 2.45) is 0 Å². The Bertz CT molecular complexity index is 1260. The van der Waals surface area contributed by atoms with Crippen LogP contribution in [-0.2, 0) is 14.8 Å². The molecule has 0 bridgehead atoms. The van der Waals surface area contributed by atoms with Crippen molar-refractivity contribution in [3.8, 4) is 0 Å². The molecule has 3 aromatic rings. The highest BCUT2D eigenvalue weighted by Crippen LogP contribution is 2.26. The van der Waals surface area contributed by atoms with Crippen LogP contribution in [-0.4, -0.2) is 62.1 Å². The van der Waals surface area contributed by atoms with Gasteiger partial charge in [0.15, 0.2) is 0 Å². The Hall–Kier alpha value is -2.95. The Morgan fingerprint density at radius 1 is 1.12 bits per heavy atom. The Balaban J connectivity index is 1.41. The number of aromatic nitrogens is 2. The van der Waals surface area contributed by atoms with Gasteiger partial charge in [-0.2, -0.15) is 0 Å². The van der Waals surface area contributed by atoms with Gasteiger partial charge in [-0.3, -0.25) is 9.36 Å². The van der Waals surface area contributed by atoms with Crippen molar-refractivity contribution < 1.29 is 17.9 Å². The number of ether oxygens (including phenoxy) is 1. The average Bonchev–Trinajstić information content (AvgIpc) is 3.14. The van der Waals surface area contributed by atoms with Gasteiger partial charge in [-0.05, 0) is 49.2 Å². The number of amides is 1. The number of hydrogen-bond donors (Lipinski definition) is 2. The van der Waals surface area contributed by atoms with Crippen LogP contribution in [0.1, 0.15) is 29.2 Å². The number of hydrogen-bond acceptors (Lipinski definition) is 5. The van der Waals surface area contributed by atoms with Gasteiger partial charge in [-0.15, -0.1) is 0 Å². The van der Waals surface area contributed by atoms with Crippen molar-refractivity contribution >= 4 is 27.0 Å². The third-order valence-corrected chi connectivity index (χ3v) is 7.23. The number of carbonyl (C=O) groups excluding carboxylic acids is 1. The second kappa shape index (κ2) is 9.27.